The molecule has 0 bridgehead atoms. The molecule has 0 spiro atoms. The normalized spacial score (nSPS) is 10.7. The van der Waals surface area contributed by atoms with Crippen LogP contribution in [0, 0.1) is 21.4 Å². The monoisotopic (exact) mass is 318 g/mol. The molecule has 0 saturated carbocycles. The molecule has 9 heteroatoms. The number of nitro groups is 1. The lowest BCUT2D eigenvalue weighted by Gasteiger charge is -2.08. The predicted molar refractivity (Wildman–Crippen MR) is 78.9 cm³/mol. The molecule has 112 valence electrons. The fourth-order valence-electron chi connectivity index (χ4n) is 1.73. The number of nitrogens with one attached hydrogen (secondary N) is 1. The molecule has 0 fully saturated rings. The van der Waals surface area contributed by atoms with Crippen molar-refractivity contribution in [3.05, 3.63) is 58.1 Å². The van der Waals surface area contributed by atoms with E-state index in [0.29, 0.717) is 11.4 Å². The van der Waals surface area contributed by atoms with E-state index < -0.39 is 14.9 Å². The molecule has 0 atom stereocenters. The number of rotatable bonds is 4. The van der Waals surface area contributed by atoms with E-state index in [0.717, 1.165) is 6.07 Å². The van der Waals surface area contributed by atoms with Crippen molar-refractivity contribution >= 4 is 27.1 Å². The van der Waals surface area contributed by atoms with E-state index in [9.17, 15) is 18.5 Å². The molecule has 0 saturated heterocycles. The molecule has 3 N–H and O–H groups in total. The Balaban J connectivity index is 2.31. The van der Waals surface area contributed by atoms with Crippen molar-refractivity contribution in [3.8, 4) is 6.07 Å². The maximum atomic E-state index is 11.2. The summed E-state index contributed by atoms with van der Waals surface area (Å²) in [5.74, 6) is 0. The van der Waals surface area contributed by atoms with Crippen LogP contribution in [0.3, 0.4) is 0 Å². The average Bonchev–Trinajstić information content (AvgIpc) is 2.47. The fourth-order valence-corrected chi connectivity index (χ4v) is 2.25. The maximum Gasteiger partial charge on any atom is 0.270 e. The van der Waals surface area contributed by atoms with Crippen molar-refractivity contribution in [1.29, 1.82) is 5.26 Å². The molecule has 2 aromatic carbocycles. The first-order valence-electron chi connectivity index (χ1n) is 5.89. The van der Waals surface area contributed by atoms with Gasteiger partial charge in [0.15, 0.2) is 0 Å². The molecule has 0 unspecified atom stereocenters. The van der Waals surface area contributed by atoms with Crippen molar-refractivity contribution in [3.63, 3.8) is 0 Å². The molecule has 0 aromatic heterocycles. The number of anilines is 2. The second-order valence-corrected chi connectivity index (χ2v) is 5.85. The maximum absolute atomic E-state index is 11.2. The first kappa shape index (κ1) is 15.4. The second-order valence-electron chi connectivity index (χ2n) is 4.29. The van der Waals surface area contributed by atoms with Gasteiger partial charge in [0.2, 0.25) is 10.0 Å². The summed E-state index contributed by atoms with van der Waals surface area (Å²) in [4.78, 5) is 10.0. The first-order chi connectivity index (χ1) is 10.3. The number of nitrogens with zero attached hydrogens (tertiary/aromatic N) is 2. The Labute approximate surface area is 126 Å². The molecular formula is C13H10N4O4S. The van der Waals surface area contributed by atoms with Crippen LogP contribution < -0.4 is 10.5 Å². The molecule has 0 aliphatic heterocycles. The fraction of sp³-hybridized carbons (Fsp3) is 0. The Kier molecular flexibility index (Phi) is 4.07. The van der Waals surface area contributed by atoms with Gasteiger partial charge in [0.25, 0.3) is 5.69 Å². The topological polar surface area (TPSA) is 139 Å². The molecular weight excluding hydrogens is 308 g/mol. The highest BCUT2D eigenvalue weighted by atomic mass is 32.2. The largest absolute Gasteiger partial charge is 0.354 e. The Hall–Kier alpha value is -2.96. The van der Waals surface area contributed by atoms with Crippen molar-refractivity contribution in [2.24, 2.45) is 5.14 Å². The number of non-ortho nitro benzene ring substituents is 1. The molecule has 2 rings (SSSR count). The highest BCUT2D eigenvalue weighted by molar-refractivity contribution is 7.89. The van der Waals surface area contributed by atoms with Gasteiger partial charge in [-0.3, -0.25) is 10.1 Å². The van der Waals surface area contributed by atoms with E-state index >= 15 is 0 Å². The van der Waals surface area contributed by atoms with Crippen LogP contribution in [0.25, 0.3) is 0 Å². The van der Waals surface area contributed by atoms with Gasteiger partial charge >= 0.3 is 0 Å². The number of benzene rings is 2. The van der Waals surface area contributed by atoms with Crippen molar-refractivity contribution in [1.82, 2.24) is 0 Å². The third kappa shape index (κ3) is 3.38. The van der Waals surface area contributed by atoms with Gasteiger partial charge in [-0.2, -0.15) is 5.26 Å². The predicted octanol–water partition coefficient (Wildman–Crippen LogP) is 1.86. The van der Waals surface area contributed by atoms with Crippen LogP contribution in [-0.2, 0) is 10.0 Å². The number of nitro benzene ring substituents is 1. The van der Waals surface area contributed by atoms with Crippen molar-refractivity contribution in [2.75, 3.05) is 5.32 Å². The summed E-state index contributed by atoms with van der Waals surface area (Å²) in [5.41, 5.74) is 0.797. The van der Waals surface area contributed by atoms with E-state index in [1.807, 2.05) is 6.07 Å². The van der Waals surface area contributed by atoms with Crippen molar-refractivity contribution in [2.45, 2.75) is 4.90 Å². The Bertz CT molecular complexity index is 870. The lowest BCUT2D eigenvalue weighted by molar-refractivity contribution is -0.384. The third-order valence-electron chi connectivity index (χ3n) is 2.80. The Morgan fingerprint density at radius 3 is 2.32 bits per heavy atom. The van der Waals surface area contributed by atoms with E-state index in [2.05, 4.69) is 5.32 Å². The van der Waals surface area contributed by atoms with Crippen LogP contribution in [0.15, 0.2) is 47.4 Å². The van der Waals surface area contributed by atoms with Gasteiger partial charge in [-0.15, -0.1) is 0 Å². The van der Waals surface area contributed by atoms with Crippen LogP contribution in [0.4, 0.5) is 17.1 Å². The van der Waals surface area contributed by atoms with Crippen LogP contribution in [0.1, 0.15) is 5.56 Å². The summed E-state index contributed by atoms with van der Waals surface area (Å²) < 4.78 is 22.3. The number of nitrogens with two attached hydrogens (primary N) is 1. The standard InChI is InChI=1S/C13H10N4O4S/c14-8-9-7-11(17(18)19)3-6-13(9)16-10-1-4-12(5-2-10)22(15,20)21/h1-7,16H,(H2,15,20,21). The summed E-state index contributed by atoms with van der Waals surface area (Å²) in [6, 6.07) is 11.3. The minimum absolute atomic E-state index is 0.0396. The third-order valence-corrected chi connectivity index (χ3v) is 3.73. The molecule has 0 aliphatic rings. The van der Waals surface area contributed by atoms with Crippen LogP contribution in [-0.4, -0.2) is 13.3 Å². The number of hydrogen-bond donors (Lipinski definition) is 2. The Morgan fingerprint density at radius 2 is 1.82 bits per heavy atom. The highest BCUT2D eigenvalue weighted by Gasteiger charge is 2.11. The van der Waals surface area contributed by atoms with E-state index in [-0.39, 0.29) is 16.1 Å². The lowest BCUT2D eigenvalue weighted by atomic mass is 10.1. The minimum Gasteiger partial charge on any atom is -0.354 e. The number of nitriles is 1. The summed E-state index contributed by atoms with van der Waals surface area (Å²) >= 11 is 0. The van der Waals surface area contributed by atoms with Gasteiger partial charge in [0, 0.05) is 17.8 Å². The smallest absolute Gasteiger partial charge is 0.270 e. The molecule has 8 nitrogen and oxygen atoms in total. The zero-order chi connectivity index (χ0) is 16.3. The van der Waals surface area contributed by atoms with Crippen LogP contribution in [0.5, 0.6) is 0 Å². The summed E-state index contributed by atoms with van der Waals surface area (Å²) in [7, 11) is -3.78. The molecule has 0 amide bonds. The number of sulfonamides is 1. The minimum atomic E-state index is -3.78. The summed E-state index contributed by atoms with van der Waals surface area (Å²) in [6.45, 7) is 0. The SMILES string of the molecule is N#Cc1cc([N+](=O)[O-])ccc1Nc1ccc(S(N)(=O)=O)cc1. The summed E-state index contributed by atoms with van der Waals surface area (Å²) in [6.07, 6.45) is 0. The van der Waals surface area contributed by atoms with E-state index in [4.69, 9.17) is 10.4 Å². The number of hydrogen-bond acceptors (Lipinski definition) is 6. The second kappa shape index (κ2) is 5.80. The molecule has 0 radical (unpaired) electrons. The molecule has 0 heterocycles. The van der Waals surface area contributed by atoms with Gasteiger partial charge in [-0.1, -0.05) is 0 Å². The summed E-state index contributed by atoms with van der Waals surface area (Å²) in [5, 5.41) is 27.6. The first-order valence-corrected chi connectivity index (χ1v) is 7.44. The average molecular weight is 318 g/mol. The van der Waals surface area contributed by atoms with Crippen LogP contribution >= 0.6 is 0 Å². The zero-order valence-electron chi connectivity index (χ0n) is 11.1. The van der Waals surface area contributed by atoms with E-state index in [1.165, 1.54) is 36.4 Å². The van der Waals surface area contributed by atoms with Crippen molar-refractivity contribution < 1.29 is 13.3 Å². The quantitative estimate of drug-likeness (QED) is 0.651. The lowest BCUT2D eigenvalue weighted by Crippen LogP contribution is -2.11. The Morgan fingerprint density at radius 1 is 1.18 bits per heavy atom. The van der Waals surface area contributed by atoms with Crippen LogP contribution in [0.2, 0.25) is 0 Å². The molecule has 2 aromatic rings. The number of primary sulfonamides is 1. The van der Waals surface area contributed by atoms with Gasteiger partial charge < -0.3 is 5.32 Å². The zero-order valence-corrected chi connectivity index (χ0v) is 11.9. The molecule has 0 aliphatic carbocycles. The van der Waals surface area contributed by atoms with Gasteiger partial charge in [0.05, 0.1) is 21.1 Å². The van der Waals surface area contributed by atoms with Gasteiger partial charge in [0.1, 0.15) is 6.07 Å². The molecule has 22 heavy (non-hydrogen) atoms. The van der Waals surface area contributed by atoms with Gasteiger partial charge in [-0.25, -0.2) is 13.6 Å². The van der Waals surface area contributed by atoms with Gasteiger partial charge in [-0.05, 0) is 30.3 Å². The highest BCUT2D eigenvalue weighted by Crippen LogP contribution is 2.25. The van der Waals surface area contributed by atoms with E-state index in [1.54, 1.807) is 0 Å².